The Hall–Kier alpha value is -3.35. The zero-order valence-electron chi connectivity index (χ0n) is 14.8. The van der Waals surface area contributed by atoms with E-state index >= 15 is 0 Å². The van der Waals surface area contributed by atoms with E-state index in [-0.39, 0.29) is 17.5 Å². The fraction of sp³-hybridized carbons (Fsp3) is 0. The lowest BCUT2D eigenvalue weighted by atomic mass is 10.1. The number of hydrogen-bond acceptors (Lipinski definition) is 5. The molecule has 5 aromatic rings. The second kappa shape index (κ2) is 6.92. The van der Waals surface area contributed by atoms with Gasteiger partial charge in [-0.1, -0.05) is 41.9 Å². The fourth-order valence-corrected chi connectivity index (χ4v) is 4.53. The molecule has 0 aliphatic carbocycles. The van der Waals surface area contributed by atoms with Crippen LogP contribution in [0.2, 0.25) is 5.02 Å². The van der Waals surface area contributed by atoms with Crippen molar-refractivity contribution >= 4 is 55.7 Å². The minimum Gasteiger partial charge on any atom is -0.507 e. The summed E-state index contributed by atoms with van der Waals surface area (Å²) in [6, 6.07) is 19.7. The van der Waals surface area contributed by atoms with Crippen LogP contribution in [-0.2, 0) is 0 Å². The zero-order chi connectivity index (χ0) is 20.0. The van der Waals surface area contributed by atoms with Gasteiger partial charge in [0.25, 0.3) is 5.91 Å². The molecule has 5 nitrogen and oxygen atoms in total. The second-order valence-corrected chi connectivity index (χ2v) is 7.84. The molecule has 0 saturated heterocycles. The normalized spacial score (nSPS) is 11.2. The van der Waals surface area contributed by atoms with Gasteiger partial charge in [0.1, 0.15) is 16.1 Å². The number of rotatable bonds is 3. The van der Waals surface area contributed by atoms with Crippen molar-refractivity contribution in [2.24, 2.45) is 0 Å². The number of carbonyl (C=O) groups is 1. The van der Waals surface area contributed by atoms with Gasteiger partial charge < -0.3 is 14.8 Å². The minimum atomic E-state index is -0.314. The molecular weight excluding hydrogens is 408 g/mol. The predicted molar refractivity (Wildman–Crippen MR) is 116 cm³/mol. The number of fused-ring (bicyclic) bond motifs is 2. The number of halogens is 1. The highest BCUT2D eigenvalue weighted by atomic mass is 35.5. The maximum absolute atomic E-state index is 12.8. The molecule has 7 heteroatoms. The predicted octanol–water partition coefficient (Wildman–Crippen LogP) is 6.32. The third-order valence-corrected chi connectivity index (χ3v) is 6.19. The maximum atomic E-state index is 12.8. The van der Waals surface area contributed by atoms with E-state index in [0.717, 1.165) is 10.1 Å². The van der Waals surface area contributed by atoms with Gasteiger partial charge in [-0.3, -0.25) is 4.79 Å². The monoisotopic (exact) mass is 420 g/mol. The van der Waals surface area contributed by atoms with Crippen molar-refractivity contribution < 1.29 is 14.3 Å². The number of anilines is 1. The average Bonchev–Trinajstić information content (AvgIpc) is 3.31. The largest absolute Gasteiger partial charge is 0.507 e. The van der Waals surface area contributed by atoms with Gasteiger partial charge in [0.2, 0.25) is 5.89 Å². The molecule has 0 bridgehead atoms. The Balaban J connectivity index is 1.49. The Labute approximate surface area is 174 Å². The van der Waals surface area contributed by atoms with E-state index in [9.17, 15) is 9.90 Å². The van der Waals surface area contributed by atoms with Crippen molar-refractivity contribution in [1.29, 1.82) is 0 Å². The topological polar surface area (TPSA) is 75.4 Å². The number of nitrogens with zero attached hydrogens (tertiary/aromatic N) is 1. The molecule has 0 fully saturated rings. The number of amides is 1. The molecular formula is C22H13ClN2O3S. The number of para-hydroxylation sites is 2. The van der Waals surface area contributed by atoms with Gasteiger partial charge in [0, 0.05) is 15.8 Å². The Morgan fingerprint density at radius 1 is 1.07 bits per heavy atom. The number of benzene rings is 3. The van der Waals surface area contributed by atoms with Crippen LogP contribution in [0.25, 0.3) is 32.6 Å². The van der Waals surface area contributed by atoms with Crippen LogP contribution in [0.3, 0.4) is 0 Å². The van der Waals surface area contributed by atoms with Crippen molar-refractivity contribution in [3.05, 3.63) is 76.6 Å². The van der Waals surface area contributed by atoms with E-state index in [4.69, 9.17) is 16.0 Å². The highest BCUT2D eigenvalue weighted by Gasteiger charge is 2.18. The summed E-state index contributed by atoms with van der Waals surface area (Å²) in [6.45, 7) is 0. The summed E-state index contributed by atoms with van der Waals surface area (Å²) >= 11 is 7.73. The number of aromatic hydroxyl groups is 1. The number of phenolic OH excluding ortho intramolecular Hbond substituents is 1. The molecule has 2 N–H and O–H groups in total. The molecule has 0 unspecified atom stereocenters. The summed E-state index contributed by atoms with van der Waals surface area (Å²) in [5, 5.41) is 14.4. The molecule has 0 spiro atoms. The molecule has 0 aliphatic rings. The van der Waals surface area contributed by atoms with Crippen LogP contribution in [0.4, 0.5) is 5.69 Å². The Morgan fingerprint density at radius 3 is 2.69 bits per heavy atom. The number of carbonyl (C=O) groups excluding carboxylic acids is 1. The van der Waals surface area contributed by atoms with E-state index in [1.165, 1.54) is 17.4 Å². The van der Waals surface area contributed by atoms with E-state index in [0.29, 0.717) is 32.3 Å². The first-order chi connectivity index (χ1) is 14.1. The van der Waals surface area contributed by atoms with E-state index in [1.807, 2.05) is 42.5 Å². The molecule has 0 atom stereocenters. The smallest absolute Gasteiger partial charge is 0.267 e. The van der Waals surface area contributed by atoms with E-state index in [2.05, 4.69) is 10.3 Å². The highest BCUT2D eigenvalue weighted by Crippen LogP contribution is 2.37. The SMILES string of the molecule is O=C(Nc1ccc(O)c(-c2nc3ccccc3o2)c1)c1sc2ccccc2c1Cl. The molecule has 0 saturated carbocycles. The van der Waals surface area contributed by atoms with Crippen LogP contribution in [0.5, 0.6) is 5.75 Å². The van der Waals surface area contributed by atoms with Crippen molar-refractivity contribution in [2.45, 2.75) is 0 Å². The van der Waals surface area contributed by atoms with Crippen LogP contribution >= 0.6 is 22.9 Å². The van der Waals surface area contributed by atoms with Crippen molar-refractivity contribution in [2.75, 3.05) is 5.32 Å². The number of oxazole rings is 1. The molecule has 142 valence electrons. The summed E-state index contributed by atoms with van der Waals surface area (Å²) < 4.78 is 6.68. The van der Waals surface area contributed by atoms with Gasteiger partial charge in [-0.15, -0.1) is 11.3 Å². The van der Waals surface area contributed by atoms with Gasteiger partial charge in [-0.05, 0) is 36.4 Å². The van der Waals surface area contributed by atoms with E-state index < -0.39 is 0 Å². The maximum Gasteiger partial charge on any atom is 0.267 e. The van der Waals surface area contributed by atoms with Crippen molar-refractivity contribution in [3.8, 4) is 17.2 Å². The van der Waals surface area contributed by atoms with Gasteiger partial charge in [0.15, 0.2) is 5.58 Å². The lowest BCUT2D eigenvalue weighted by Crippen LogP contribution is -2.10. The first-order valence-corrected chi connectivity index (χ1v) is 9.97. The zero-order valence-corrected chi connectivity index (χ0v) is 16.4. The summed E-state index contributed by atoms with van der Waals surface area (Å²) in [5.74, 6) is -0.0282. The van der Waals surface area contributed by atoms with E-state index in [1.54, 1.807) is 18.2 Å². The minimum absolute atomic E-state index is 0.00875. The molecule has 2 aromatic heterocycles. The Kier molecular flexibility index (Phi) is 4.23. The van der Waals surface area contributed by atoms with Crippen LogP contribution in [-0.4, -0.2) is 16.0 Å². The number of aromatic nitrogens is 1. The molecule has 0 aliphatic heterocycles. The van der Waals surface area contributed by atoms with Gasteiger partial charge >= 0.3 is 0 Å². The van der Waals surface area contributed by atoms with Gasteiger partial charge in [-0.25, -0.2) is 4.98 Å². The van der Waals surface area contributed by atoms with Crippen molar-refractivity contribution in [1.82, 2.24) is 4.98 Å². The molecule has 0 radical (unpaired) electrons. The summed E-state index contributed by atoms with van der Waals surface area (Å²) in [5.41, 5.74) is 2.20. The number of phenols is 1. The molecule has 29 heavy (non-hydrogen) atoms. The number of hydrogen-bond donors (Lipinski definition) is 2. The first-order valence-electron chi connectivity index (χ1n) is 8.77. The lowest BCUT2D eigenvalue weighted by Gasteiger charge is -2.07. The van der Waals surface area contributed by atoms with Crippen LogP contribution in [0, 0.1) is 0 Å². The van der Waals surface area contributed by atoms with Crippen LogP contribution < -0.4 is 5.32 Å². The Bertz CT molecular complexity index is 1360. The lowest BCUT2D eigenvalue weighted by molar-refractivity contribution is 0.103. The standard InChI is InChI=1S/C22H13ClN2O3S/c23-19-13-5-1-4-8-18(13)29-20(19)21(27)24-12-9-10-16(26)14(11-12)22-25-15-6-2-3-7-17(15)28-22/h1-11,26H,(H,24,27). The number of nitrogens with one attached hydrogen (secondary N) is 1. The Morgan fingerprint density at radius 2 is 1.86 bits per heavy atom. The molecule has 3 aromatic carbocycles. The average molecular weight is 421 g/mol. The summed E-state index contributed by atoms with van der Waals surface area (Å²) in [7, 11) is 0. The quantitative estimate of drug-likeness (QED) is 0.335. The molecule has 1 amide bonds. The van der Waals surface area contributed by atoms with Crippen LogP contribution in [0.15, 0.2) is 71.1 Å². The molecule has 5 rings (SSSR count). The van der Waals surface area contributed by atoms with Crippen molar-refractivity contribution in [3.63, 3.8) is 0 Å². The van der Waals surface area contributed by atoms with Gasteiger partial charge in [-0.2, -0.15) is 0 Å². The second-order valence-electron chi connectivity index (χ2n) is 6.41. The van der Waals surface area contributed by atoms with Crippen LogP contribution in [0.1, 0.15) is 9.67 Å². The summed E-state index contributed by atoms with van der Waals surface area (Å²) in [4.78, 5) is 17.6. The third-order valence-electron chi connectivity index (χ3n) is 4.52. The number of thiophene rings is 1. The molecule has 2 heterocycles. The fourth-order valence-electron chi connectivity index (χ4n) is 3.12. The first kappa shape index (κ1) is 17.7. The van der Waals surface area contributed by atoms with Gasteiger partial charge in [0.05, 0.1) is 10.6 Å². The third kappa shape index (κ3) is 3.12. The highest BCUT2D eigenvalue weighted by molar-refractivity contribution is 7.21. The summed E-state index contributed by atoms with van der Waals surface area (Å²) in [6.07, 6.45) is 0.